The summed E-state index contributed by atoms with van der Waals surface area (Å²) in [5.74, 6) is -0.467. The second kappa shape index (κ2) is 6.43. The minimum atomic E-state index is -0.566. The van der Waals surface area contributed by atoms with Gasteiger partial charge < -0.3 is 14.5 Å². The van der Waals surface area contributed by atoms with Gasteiger partial charge in [-0.05, 0) is 46.4 Å². The van der Waals surface area contributed by atoms with E-state index >= 15 is 0 Å². The molecule has 0 aliphatic heterocycles. The summed E-state index contributed by atoms with van der Waals surface area (Å²) < 4.78 is 5.76. The van der Waals surface area contributed by atoms with Gasteiger partial charge in [-0.15, -0.1) is 16.4 Å². The van der Waals surface area contributed by atoms with Gasteiger partial charge in [0.05, 0.1) is 5.69 Å². The molecule has 3 aromatic rings. The molecule has 0 bridgehead atoms. The molecule has 0 atom stereocenters. The van der Waals surface area contributed by atoms with Crippen LogP contribution in [0.25, 0.3) is 0 Å². The molecule has 0 fully saturated rings. The van der Waals surface area contributed by atoms with Crippen molar-refractivity contribution in [3.63, 3.8) is 0 Å². The maximum Gasteiger partial charge on any atom is 0.373 e. The van der Waals surface area contributed by atoms with Crippen molar-refractivity contribution in [2.75, 3.05) is 5.06 Å². The average Bonchev–Trinajstić information content (AvgIpc) is 3.18. The molecule has 0 saturated carbocycles. The lowest BCUT2D eigenvalue weighted by Gasteiger charge is -2.20. The topological polar surface area (TPSA) is 75.8 Å². The molecule has 8 heteroatoms. The van der Waals surface area contributed by atoms with Crippen molar-refractivity contribution < 1.29 is 19.3 Å². The Morgan fingerprint density at radius 1 is 1.35 bits per heavy atom. The Morgan fingerprint density at radius 3 is 2.74 bits per heavy atom. The smallest absolute Gasteiger partial charge is 0.373 e. The summed E-state index contributed by atoms with van der Waals surface area (Å²) in [6, 6.07) is 9.85. The summed E-state index contributed by atoms with van der Waals surface area (Å²) in [7, 11) is 0. The predicted molar refractivity (Wildman–Crippen MR) is 88.9 cm³/mol. The van der Waals surface area contributed by atoms with Crippen molar-refractivity contribution in [1.29, 1.82) is 0 Å². The zero-order valence-electron chi connectivity index (χ0n) is 11.9. The number of hydrogen-bond acceptors (Lipinski definition) is 7. The van der Waals surface area contributed by atoms with Crippen LogP contribution >= 0.6 is 27.3 Å². The minimum absolute atomic E-state index is 0.0626. The number of nitrogens with zero attached hydrogens (tertiary/aromatic N) is 2. The Hall–Kier alpha value is -2.32. The van der Waals surface area contributed by atoms with E-state index in [1.165, 1.54) is 17.4 Å². The molecule has 0 saturated heterocycles. The zero-order valence-corrected chi connectivity index (χ0v) is 14.3. The second-order valence-electron chi connectivity index (χ2n) is 4.53. The fourth-order valence-electron chi connectivity index (χ4n) is 1.83. The number of rotatable bonds is 4. The van der Waals surface area contributed by atoms with Crippen molar-refractivity contribution in [1.82, 2.24) is 5.16 Å². The third-order valence-corrected chi connectivity index (χ3v) is 4.72. The van der Waals surface area contributed by atoms with E-state index < -0.39 is 5.97 Å². The summed E-state index contributed by atoms with van der Waals surface area (Å²) in [5, 5.41) is 16.8. The first-order valence-corrected chi connectivity index (χ1v) is 8.21. The van der Waals surface area contributed by atoms with E-state index in [9.17, 15) is 9.90 Å². The predicted octanol–water partition coefficient (Wildman–Crippen LogP) is 4.42. The maximum absolute atomic E-state index is 12.3. The molecule has 0 aliphatic carbocycles. The first-order chi connectivity index (χ1) is 11.1. The summed E-state index contributed by atoms with van der Waals surface area (Å²) in [5.41, 5.74) is 0.849. The van der Waals surface area contributed by atoms with Crippen molar-refractivity contribution in [2.24, 2.45) is 0 Å². The molecule has 0 spiro atoms. The van der Waals surface area contributed by atoms with E-state index in [1.807, 2.05) is 0 Å². The van der Waals surface area contributed by atoms with Crippen molar-refractivity contribution in [3.05, 3.63) is 56.8 Å². The minimum Gasteiger partial charge on any atom is -0.506 e. The summed E-state index contributed by atoms with van der Waals surface area (Å²) in [6.45, 7) is 1.74. The SMILES string of the molecule is Cc1noc(N(OC(=O)c2cccs2)c2ccccc2O)c1Br. The molecular formula is C15H11BrN2O4S. The number of aromatic nitrogens is 1. The molecule has 0 unspecified atom stereocenters. The van der Waals surface area contributed by atoms with Gasteiger partial charge in [0.25, 0.3) is 5.88 Å². The number of phenolic OH excluding ortho intramolecular Hbond substituents is 1. The summed E-state index contributed by atoms with van der Waals surface area (Å²) in [6.07, 6.45) is 0. The third kappa shape index (κ3) is 3.08. The van der Waals surface area contributed by atoms with Gasteiger partial charge in [-0.1, -0.05) is 23.4 Å². The number of phenols is 1. The van der Waals surface area contributed by atoms with Crippen LogP contribution in [0.3, 0.4) is 0 Å². The first-order valence-electron chi connectivity index (χ1n) is 6.53. The highest BCUT2D eigenvalue weighted by atomic mass is 79.9. The van der Waals surface area contributed by atoms with Crippen LogP contribution in [0.1, 0.15) is 15.4 Å². The van der Waals surface area contributed by atoms with Gasteiger partial charge in [0, 0.05) is 0 Å². The van der Waals surface area contributed by atoms with Crippen LogP contribution in [0.15, 0.2) is 50.8 Å². The number of carbonyl (C=O) groups is 1. The van der Waals surface area contributed by atoms with Crippen molar-refractivity contribution in [3.8, 4) is 5.75 Å². The molecule has 3 rings (SSSR count). The Kier molecular flexibility index (Phi) is 4.35. The molecule has 2 heterocycles. The van der Waals surface area contributed by atoms with Crippen LogP contribution in [0.2, 0.25) is 0 Å². The lowest BCUT2D eigenvalue weighted by molar-refractivity contribution is 0.0488. The largest absolute Gasteiger partial charge is 0.506 e. The van der Waals surface area contributed by atoms with Crippen LogP contribution in [-0.2, 0) is 4.84 Å². The molecule has 118 valence electrons. The van der Waals surface area contributed by atoms with Gasteiger partial charge in [-0.3, -0.25) is 0 Å². The van der Waals surface area contributed by atoms with E-state index in [2.05, 4.69) is 21.1 Å². The molecule has 6 nitrogen and oxygen atoms in total. The molecule has 1 aromatic carbocycles. The number of aryl methyl sites for hydroxylation is 1. The number of hydrogen-bond donors (Lipinski definition) is 1. The Bertz CT molecular complexity index is 832. The van der Waals surface area contributed by atoms with Crippen molar-refractivity contribution in [2.45, 2.75) is 6.92 Å². The standard InChI is InChI=1S/C15H11BrN2O4S/c1-9-13(16)14(21-17-9)18(10-5-2-3-6-11(10)19)22-15(20)12-7-4-8-23-12/h2-8,19H,1H3. The fraction of sp³-hybridized carbons (Fsp3) is 0.0667. The van der Waals surface area contributed by atoms with Gasteiger partial charge in [0.1, 0.15) is 20.8 Å². The number of benzene rings is 1. The van der Waals surface area contributed by atoms with Crippen LogP contribution in [0.5, 0.6) is 5.75 Å². The molecule has 0 radical (unpaired) electrons. The average molecular weight is 395 g/mol. The lowest BCUT2D eigenvalue weighted by atomic mass is 10.3. The van der Waals surface area contributed by atoms with E-state index in [0.717, 1.165) is 5.06 Å². The van der Waals surface area contributed by atoms with E-state index in [-0.39, 0.29) is 17.3 Å². The first kappa shape index (κ1) is 15.6. The molecule has 2 aromatic heterocycles. The van der Waals surface area contributed by atoms with Crippen LogP contribution in [0.4, 0.5) is 11.6 Å². The normalized spacial score (nSPS) is 10.5. The number of anilines is 2. The van der Waals surface area contributed by atoms with Gasteiger partial charge in [0.2, 0.25) is 0 Å². The zero-order chi connectivity index (χ0) is 16.4. The van der Waals surface area contributed by atoms with Crippen molar-refractivity contribution >= 4 is 44.8 Å². The van der Waals surface area contributed by atoms with Crippen LogP contribution in [-0.4, -0.2) is 16.2 Å². The van der Waals surface area contributed by atoms with E-state index in [0.29, 0.717) is 15.0 Å². The quantitative estimate of drug-likeness (QED) is 0.659. The highest BCUT2D eigenvalue weighted by molar-refractivity contribution is 9.10. The second-order valence-corrected chi connectivity index (χ2v) is 6.27. The number of halogens is 1. The monoisotopic (exact) mass is 394 g/mol. The molecule has 23 heavy (non-hydrogen) atoms. The Morgan fingerprint density at radius 2 is 2.13 bits per heavy atom. The van der Waals surface area contributed by atoms with E-state index in [4.69, 9.17) is 9.36 Å². The Labute approximate surface area is 144 Å². The maximum atomic E-state index is 12.3. The van der Waals surface area contributed by atoms with Crippen LogP contribution in [0, 0.1) is 6.92 Å². The number of thiophene rings is 1. The van der Waals surface area contributed by atoms with Gasteiger partial charge in [-0.2, -0.15) is 0 Å². The number of carbonyl (C=O) groups excluding carboxylic acids is 1. The molecule has 0 aliphatic rings. The third-order valence-electron chi connectivity index (χ3n) is 2.96. The Balaban J connectivity index is 2.02. The highest BCUT2D eigenvalue weighted by Crippen LogP contribution is 2.38. The van der Waals surface area contributed by atoms with Gasteiger partial charge in [-0.25, -0.2) is 4.79 Å². The van der Waals surface area contributed by atoms with Gasteiger partial charge in [0.15, 0.2) is 0 Å². The summed E-state index contributed by atoms with van der Waals surface area (Å²) in [4.78, 5) is 18.1. The molecule has 0 amide bonds. The number of para-hydroxylation sites is 2. The molecular weight excluding hydrogens is 384 g/mol. The highest BCUT2D eigenvalue weighted by Gasteiger charge is 2.26. The summed E-state index contributed by atoms with van der Waals surface area (Å²) >= 11 is 4.60. The number of aromatic hydroxyl groups is 1. The lowest BCUT2D eigenvalue weighted by Crippen LogP contribution is -2.22. The van der Waals surface area contributed by atoms with Gasteiger partial charge >= 0.3 is 5.97 Å². The van der Waals surface area contributed by atoms with Crippen LogP contribution < -0.4 is 5.06 Å². The fourth-order valence-corrected chi connectivity index (χ4v) is 2.73. The molecule has 1 N–H and O–H groups in total. The van der Waals surface area contributed by atoms with E-state index in [1.54, 1.807) is 42.6 Å².